The maximum Gasteiger partial charge on any atom is 0.220 e. The van der Waals surface area contributed by atoms with Crippen LogP contribution in [-0.2, 0) is 17.8 Å². The van der Waals surface area contributed by atoms with Gasteiger partial charge in [-0.05, 0) is 34.0 Å². The Hall–Kier alpha value is -0.770. The Morgan fingerprint density at radius 1 is 1.42 bits per heavy atom. The van der Waals surface area contributed by atoms with Gasteiger partial charge in [0.05, 0.1) is 4.60 Å². The smallest absolute Gasteiger partial charge is 0.220 e. The lowest BCUT2D eigenvalue weighted by molar-refractivity contribution is -0.121. The Morgan fingerprint density at radius 3 is 3.08 bits per heavy atom. The monoisotopic (exact) mass is 228 g/mol. The molecule has 1 aromatic rings. The second kappa shape index (κ2) is 2.94. The molecule has 3 nitrogen and oxygen atoms in total. The van der Waals surface area contributed by atoms with Crippen LogP contribution in [0.5, 0.6) is 0 Å². The van der Waals surface area contributed by atoms with Crippen molar-refractivity contribution in [1.29, 1.82) is 0 Å². The summed E-state index contributed by atoms with van der Waals surface area (Å²) in [4.78, 5) is 14.2. The van der Waals surface area contributed by atoms with E-state index in [1.807, 2.05) is 6.07 Å². The van der Waals surface area contributed by atoms with E-state index in [0.29, 0.717) is 13.0 Å². The predicted molar refractivity (Wildman–Crippen MR) is 48.7 cm³/mol. The van der Waals surface area contributed by atoms with Crippen LogP contribution in [0.15, 0.2) is 10.7 Å². The average molecular weight is 229 g/mol. The Morgan fingerprint density at radius 2 is 2.25 bits per heavy atom. The molecule has 2 rings (SSSR count). The third-order valence-corrected chi connectivity index (χ3v) is 2.46. The highest BCUT2D eigenvalue weighted by Crippen LogP contribution is 2.18. The van der Waals surface area contributed by atoms with Crippen LogP contribution in [0.1, 0.15) is 17.7 Å². The number of rotatable bonds is 0. The zero-order chi connectivity index (χ0) is 8.55. The van der Waals surface area contributed by atoms with Gasteiger partial charge in [0.1, 0.15) is 0 Å². The SMILES string of the molecule is O=C1CCc2[nH]c(Br)cc2CN1. The van der Waals surface area contributed by atoms with Crippen molar-refractivity contribution in [2.24, 2.45) is 0 Å². The van der Waals surface area contributed by atoms with Crippen LogP contribution in [-0.4, -0.2) is 10.9 Å². The van der Waals surface area contributed by atoms with Crippen molar-refractivity contribution in [3.05, 3.63) is 21.9 Å². The number of halogens is 1. The minimum Gasteiger partial charge on any atom is -0.353 e. The van der Waals surface area contributed by atoms with Crippen molar-refractivity contribution in [2.45, 2.75) is 19.4 Å². The molecule has 12 heavy (non-hydrogen) atoms. The number of fused-ring (bicyclic) bond motifs is 1. The highest BCUT2D eigenvalue weighted by molar-refractivity contribution is 9.10. The maximum absolute atomic E-state index is 11.0. The van der Waals surface area contributed by atoms with E-state index < -0.39 is 0 Å². The van der Waals surface area contributed by atoms with E-state index in [9.17, 15) is 4.79 Å². The van der Waals surface area contributed by atoms with E-state index in [2.05, 4.69) is 26.2 Å². The fourth-order valence-corrected chi connectivity index (χ4v) is 1.92. The highest BCUT2D eigenvalue weighted by atomic mass is 79.9. The summed E-state index contributed by atoms with van der Waals surface area (Å²) in [7, 11) is 0. The van der Waals surface area contributed by atoms with Crippen LogP contribution in [0.2, 0.25) is 0 Å². The number of carbonyl (C=O) groups excluding carboxylic acids is 1. The van der Waals surface area contributed by atoms with Crippen molar-refractivity contribution in [1.82, 2.24) is 10.3 Å². The Balaban J connectivity index is 2.30. The summed E-state index contributed by atoms with van der Waals surface area (Å²) in [6, 6.07) is 2.01. The highest BCUT2D eigenvalue weighted by Gasteiger charge is 2.13. The van der Waals surface area contributed by atoms with Crippen molar-refractivity contribution in [3.63, 3.8) is 0 Å². The van der Waals surface area contributed by atoms with Crippen LogP contribution in [0.4, 0.5) is 0 Å². The van der Waals surface area contributed by atoms with Gasteiger partial charge in [-0.25, -0.2) is 0 Å². The zero-order valence-electron chi connectivity index (χ0n) is 6.48. The lowest BCUT2D eigenvalue weighted by Gasteiger charge is -1.96. The van der Waals surface area contributed by atoms with Gasteiger partial charge in [-0.3, -0.25) is 4.79 Å². The third kappa shape index (κ3) is 1.39. The van der Waals surface area contributed by atoms with Gasteiger partial charge in [0, 0.05) is 18.7 Å². The first-order valence-electron chi connectivity index (χ1n) is 3.88. The molecule has 0 unspecified atom stereocenters. The van der Waals surface area contributed by atoms with Gasteiger partial charge in [0.2, 0.25) is 5.91 Å². The molecule has 0 fully saturated rings. The molecular weight excluding hydrogens is 220 g/mol. The van der Waals surface area contributed by atoms with Gasteiger partial charge in [-0.1, -0.05) is 0 Å². The lowest BCUT2D eigenvalue weighted by Crippen LogP contribution is -2.20. The van der Waals surface area contributed by atoms with Gasteiger partial charge in [-0.15, -0.1) is 0 Å². The molecule has 0 saturated carbocycles. The number of H-pyrrole nitrogens is 1. The summed E-state index contributed by atoms with van der Waals surface area (Å²) < 4.78 is 0.989. The van der Waals surface area contributed by atoms with Crippen molar-refractivity contribution < 1.29 is 4.79 Å². The summed E-state index contributed by atoms with van der Waals surface area (Å²) in [5.74, 6) is 0.135. The topological polar surface area (TPSA) is 44.9 Å². The molecular formula is C8H9BrN2O. The quantitative estimate of drug-likeness (QED) is 0.692. The molecule has 1 aliphatic heterocycles. The fraction of sp³-hybridized carbons (Fsp3) is 0.375. The van der Waals surface area contributed by atoms with Gasteiger partial charge < -0.3 is 10.3 Å². The lowest BCUT2D eigenvalue weighted by atomic mass is 10.2. The summed E-state index contributed by atoms with van der Waals surface area (Å²) in [6.07, 6.45) is 1.40. The molecule has 0 bridgehead atoms. The van der Waals surface area contributed by atoms with Gasteiger partial charge in [-0.2, -0.15) is 0 Å². The number of aryl methyl sites for hydroxylation is 1. The predicted octanol–water partition coefficient (Wildman–Crippen LogP) is 1.34. The molecule has 64 valence electrons. The minimum atomic E-state index is 0.135. The molecule has 0 atom stereocenters. The molecule has 0 saturated heterocycles. The summed E-state index contributed by atoms with van der Waals surface area (Å²) >= 11 is 3.36. The standard InChI is InChI=1S/C8H9BrN2O/c9-7-3-5-4-10-8(12)2-1-6(5)11-7/h3,11H,1-2,4H2,(H,10,12). The second-order valence-corrected chi connectivity index (χ2v) is 3.75. The van der Waals surface area contributed by atoms with E-state index in [-0.39, 0.29) is 5.91 Å². The molecule has 2 N–H and O–H groups in total. The van der Waals surface area contributed by atoms with E-state index in [1.165, 1.54) is 11.3 Å². The minimum absolute atomic E-state index is 0.135. The Kier molecular flexibility index (Phi) is 1.92. The number of nitrogens with one attached hydrogen (secondary N) is 2. The van der Waals surface area contributed by atoms with Gasteiger partial charge in [0.15, 0.2) is 0 Å². The normalized spacial score (nSPS) is 16.6. The first-order valence-corrected chi connectivity index (χ1v) is 4.68. The van der Waals surface area contributed by atoms with Crippen molar-refractivity contribution in [3.8, 4) is 0 Å². The van der Waals surface area contributed by atoms with Crippen molar-refractivity contribution >= 4 is 21.8 Å². The largest absolute Gasteiger partial charge is 0.353 e. The molecule has 0 aliphatic carbocycles. The van der Waals surface area contributed by atoms with Gasteiger partial charge in [0.25, 0.3) is 0 Å². The first kappa shape index (κ1) is 7.86. The van der Waals surface area contributed by atoms with Crippen LogP contribution in [0.3, 0.4) is 0 Å². The molecule has 1 amide bonds. The number of hydrogen-bond acceptors (Lipinski definition) is 1. The van der Waals surface area contributed by atoms with Crippen LogP contribution in [0, 0.1) is 0 Å². The third-order valence-electron chi connectivity index (χ3n) is 2.04. The van der Waals surface area contributed by atoms with Crippen LogP contribution < -0.4 is 5.32 Å². The zero-order valence-corrected chi connectivity index (χ0v) is 8.07. The number of aromatic nitrogens is 1. The molecule has 2 heterocycles. The van der Waals surface area contributed by atoms with E-state index in [4.69, 9.17) is 0 Å². The number of amides is 1. The Bertz CT molecular complexity index is 291. The molecule has 0 spiro atoms. The van der Waals surface area contributed by atoms with E-state index in [0.717, 1.165) is 11.0 Å². The molecule has 4 heteroatoms. The molecule has 0 radical (unpaired) electrons. The Labute approximate surface area is 78.7 Å². The average Bonchev–Trinajstić information content (AvgIpc) is 2.31. The van der Waals surface area contributed by atoms with E-state index >= 15 is 0 Å². The summed E-state index contributed by atoms with van der Waals surface area (Å²) in [5, 5.41) is 2.83. The molecule has 0 aromatic carbocycles. The second-order valence-electron chi connectivity index (χ2n) is 2.90. The van der Waals surface area contributed by atoms with Crippen LogP contribution >= 0.6 is 15.9 Å². The fourth-order valence-electron chi connectivity index (χ4n) is 1.40. The van der Waals surface area contributed by atoms with Crippen LogP contribution in [0.25, 0.3) is 0 Å². The number of carbonyl (C=O) groups is 1. The number of hydrogen-bond donors (Lipinski definition) is 2. The maximum atomic E-state index is 11.0. The number of aromatic amines is 1. The summed E-state index contributed by atoms with van der Waals surface area (Å²) in [6.45, 7) is 0.649. The molecule has 1 aromatic heterocycles. The van der Waals surface area contributed by atoms with E-state index in [1.54, 1.807) is 0 Å². The van der Waals surface area contributed by atoms with Gasteiger partial charge >= 0.3 is 0 Å². The van der Waals surface area contributed by atoms with Crippen molar-refractivity contribution in [2.75, 3.05) is 0 Å². The first-order chi connectivity index (χ1) is 5.75. The summed E-state index contributed by atoms with van der Waals surface area (Å²) in [5.41, 5.74) is 2.35. The molecule has 1 aliphatic rings.